The highest BCUT2D eigenvalue weighted by molar-refractivity contribution is 5.74. The van der Waals surface area contributed by atoms with Crippen molar-refractivity contribution in [3.63, 3.8) is 0 Å². The second-order valence-corrected chi connectivity index (χ2v) is 3.94. The summed E-state index contributed by atoms with van der Waals surface area (Å²) in [5.41, 5.74) is 0.912. The van der Waals surface area contributed by atoms with Crippen LogP contribution in [0.5, 0.6) is 5.75 Å². The normalized spacial score (nSPS) is 9.89. The maximum Gasteiger partial charge on any atom is 0.305 e. The maximum absolute atomic E-state index is 11.4. The smallest absolute Gasteiger partial charge is 0.305 e. The zero-order valence-electron chi connectivity index (χ0n) is 10.5. The van der Waals surface area contributed by atoms with Crippen LogP contribution in [0, 0.1) is 0 Å². The first-order chi connectivity index (χ1) is 8.52. The molecule has 5 nitrogen and oxygen atoms in total. The summed E-state index contributed by atoms with van der Waals surface area (Å²) in [6, 6.07) is 7.36. The standard InChI is InChI=1S/C13H17NO4/c1-10(15)14(7-6-13(16)17)9-11-4-3-5-12(8-11)18-2/h3-5,8H,6-7,9H2,1-2H3,(H,16,17). The van der Waals surface area contributed by atoms with Gasteiger partial charge in [0.25, 0.3) is 0 Å². The first kappa shape index (κ1) is 14.0. The molecule has 1 N–H and O–H groups in total. The summed E-state index contributed by atoms with van der Waals surface area (Å²) in [4.78, 5) is 23.4. The number of carbonyl (C=O) groups is 2. The predicted octanol–water partition coefficient (Wildman–Crippen LogP) is 1.52. The van der Waals surface area contributed by atoms with E-state index < -0.39 is 5.97 Å². The van der Waals surface area contributed by atoms with Crippen LogP contribution in [0.15, 0.2) is 24.3 Å². The number of carboxylic acid groups (broad SMARTS) is 1. The summed E-state index contributed by atoms with van der Waals surface area (Å²) < 4.78 is 5.10. The molecule has 0 radical (unpaired) electrons. The van der Waals surface area contributed by atoms with Crippen molar-refractivity contribution in [3.05, 3.63) is 29.8 Å². The number of methoxy groups -OCH3 is 1. The number of aliphatic carboxylic acids is 1. The molecule has 1 rings (SSSR count). The lowest BCUT2D eigenvalue weighted by Crippen LogP contribution is -2.30. The predicted molar refractivity (Wildman–Crippen MR) is 66.3 cm³/mol. The zero-order chi connectivity index (χ0) is 13.5. The second-order valence-electron chi connectivity index (χ2n) is 3.94. The fraction of sp³-hybridized carbons (Fsp3) is 0.385. The van der Waals surface area contributed by atoms with Gasteiger partial charge in [-0.1, -0.05) is 12.1 Å². The highest BCUT2D eigenvalue weighted by atomic mass is 16.5. The van der Waals surface area contributed by atoms with Gasteiger partial charge in [0.05, 0.1) is 13.5 Å². The van der Waals surface area contributed by atoms with Gasteiger partial charge < -0.3 is 14.7 Å². The minimum absolute atomic E-state index is 0.0520. The molecule has 0 bridgehead atoms. The number of rotatable bonds is 6. The molecule has 0 atom stereocenters. The SMILES string of the molecule is COc1cccc(CN(CCC(=O)O)C(C)=O)c1. The fourth-order valence-corrected chi connectivity index (χ4v) is 1.57. The minimum Gasteiger partial charge on any atom is -0.497 e. The van der Waals surface area contributed by atoms with Crippen molar-refractivity contribution in [3.8, 4) is 5.75 Å². The van der Waals surface area contributed by atoms with Gasteiger partial charge in [-0.2, -0.15) is 0 Å². The van der Waals surface area contributed by atoms with Crippen LogP contribution >= 0.6 is 0 Å². The van der Waals surface area contributed by atoms with Crippen molar-refractivity contribution in [1.82, 2.24) is 4.90 Å². The molecule has 0 aliphatic heterocycles. The monoisotopic (exact) mass is 251 g/mol. The van der Waals surface area contributed by atoms with Gasteiger partial charge >= 0.3 is 5.97 Å². The van der Waals surface area contributed by atoms with E-state index in [4.69, 9.17) is 9.84 Å². The molecule has 0 aromatic heterocycles. The topological polar surface area (TPSA) is 66.8 Å². The van der Waals surface area contributed by atoms with Crippen molar-refractivity contribution in [1.29, 1.82) is 0 Å². The van der Waals surface area contributed by atoms with Gasteiger partial charge in [-0.15, -0.1) is 0 Å². The number of benzene rings is 1. The van der Waals surface area contributed by atoms with Gasteiger partial charge in [-0.3, -0.25) is 9.59 Å². The lowest BCUT2D eigenvalue weighted by atomic mass is 10.2. The quantitative estimate of drug-likeness (QED) is 0.832. The van der Waals surface area contributed by atoms with E-state index in [-0.39, 0.29) is 18.9 Å². The highest BCUT2D eigenvalue weighted by Crippen LogP contribution is 2.14. The summed E-state index contributed by atoms with van der Waals surface area (Å²) in [6.07, 6.45) is -0.0520. The Balaban J connectivity index is 2.70. The number of amides is 1. The Hall–Kier alpha value is -2.04. The number of carbonyl (C=O) groups excluding carboxylic acids is 1. The van der Waals surface area contributed by atoms with E-state index in [0.717, 1.165) is 5.56 Å². The van der Waals surface area contributed by atoms with Gasteiger partial charge in [0.2, 0.25) is 5.91 Å². The van der Waals surface area contributed by atoms with E-state index in [1.165, 1.54) is 11.8 Å². The van der Waals surface area contributed by atoms with Crippen LogP contribution in [0.4, 0.5) is 0 Å². The van der Waals surface area contributed by atoms with Gasteiger partial charge in [0.15, 0.2) is 0 Å². The molecular weight excluding hydrogens is 234 g/mol. The Morgan fingerprint density at radius 2 is 2.11 bits per heavy atom. The number of hydrogen-bond donors (Lipinski definition) is 1. The molecular formula is C13H17NO4. The molecule has 18 heavy (non-hydrogen) atoms. The molecule has 5 heteroatoms. The first-order valence-corrected chi connectivity index (χ1v) is 5.63. The average molecular weight is 251 g/mol. The molecule has 0 aliphatic rings. The van der Waals surface area contributed by atoms with Crippen molar-refractivity contribution in [2.75, 3.05) is 13.7 Å². The van der Waals surface area contributed by atoms with Gasteiger partial charge in [0.1, 0.15) is 5.75 Å². The minimum atomic E-state index is -0.910. The molecule has 1 aromatic rings. The third-order valence-corrected chi connectivity index (χ3v) is 2.55. The van der Waals surface area contributed by atoms with Gasteiger partial charge in [-0.05, 0) is 17.7 Å². The summed E-state index contributed by atoms with van der Waals surface area (Å²) >= 11 is 0. The van der Waals surface area contributed by atoms with Crippen LogP contribution in [0.2, 0.25) is 0 Å². The number of hydrogen-bond acceptors (Lipinski definition) is 3. The molecule has 0 saturated carbocycles. The van der Waals surface area contributed by atoms with E-state index in [2.05, 4.69) is 0 Å². The largest absolute Gasteiger partial charge is 0.497 e. The lowest BCUT2D eigenvalue weighted by molar-refractivity contribution is -0.138. The molecule has 0 aliphatic carbocycles. The number of nitrogens with zero attached hydrogens (tertiary/aromatic N) is 1. The Labute approximate surface area is 106 Å². The van der Waals surface area contributed by atoms with E-state index in [0.29, 0.717) is 12.3 Å². The number of carboxylic acids is 1. The molecule has 0 spiro atoms. The summed E-state index contributed by atoms with van der Waals surface area (Å²) in [7, 11) is 1.58. The van der Waals surface area contributed by atoms with Crippen LogP contribution < -0.4 is 4.74 Å². The first-order valence-electron chi connectivity index (χ1n) is 5.63. The van der Waals surface area contributed by atoms with Gasteiger partial charge in [-0.25, -0.2) is 0 Å². The number of ether oxygens (including phenoxy) is 1. The van der Waals surface area contributed by atoms with Crippen molar-refractivity contribution in [2.24, 2.45) is 0 Å². The Bertz CT molecular complexity index is 431. The van der Waals surface area contributed by atoms with Crippen LogP contribution in [-0.2, 0) is 16.1 Å². The van der Waals surface area contributed by atoms with E-state index in [1.807, 2.05) is 24.3 Å². The molecule has 0 unspecified atom stereocenters. The maximum atomic E-state index is 11.4. The molecule has 1 amide bonds. The Kier molecular flexibility index (Phi) is 5.17. The van der Waals surface area contributed by atoms with E-state index >= 15 is 0 Å². The summed E-state index contributed by atoms with van der Waals surface area (Å²) in [5.74, 6) is -0.333. The lowest BCUT2D eigenvalue weighted by Gasteiger charge is -2.20. The summed E-state index contributed by atoms with van der Waals surface area (Å²) in [6.45, 7) is 2.03. The third-order valence-electron chi connectivity index (χ3n) is 2.55. The van der Waals surface area contributed by atoms with Crippen LogP contribution in [0.25, 0.3) is 0 Å². The van der Waals surface area contributed by atoms with Crippen LogP contribution in [0.3, 0.4) is 0 Å². The zero-order valence-corrected chi connectivity index (χ0v) is 10.5. The average Bonchev–Trinajstić information content (AvgIpc) is 2.34. The Morgan fingerprint density at radius 1 is 1.39 bits per heavy atom. The fourth-order valence-electron chi connectivity index (χ4n) is 1.57. The Morgan fingerprint density at radius 3 is 2.67 bits per heavy atom. The van der Waals surface area contributed by atoms with E-state index in [9.17, 15) is 9.59 Å². The van der Waals surface area contributed by atoms with Gasteiger partial charge in [0, 0.05) is 20.0 Å². The summed E-state index contributed by atoms with van der Waals surface area (Å²) in [5, 5.41) is 8.63. The molecule has 0 heterocycles. The van der Waals surface area contributed by atoms with Crippen LogP contribution in [-0.4, -0.2) is 35.5 Å². The van der Waals surface area contributed by atoms with Crippen molar-refractivity contribution >= 4 is 11.9 Å². The molecule has 0 fully saturated rings. The molecule has 98 valence electrons. The van der Waals surface area contributed by atoms with Crippen molar-refractivity contribution < 1.29 is 19.4 Å². The van der Waals surface area contributed by atoms with E-state index in [1.54, 1.807) is 7.11 Å². The van der Waals surface area contributed by atoms with Crippen LogP contribution in [0.1, 0.15) is 18.9 Å². The second kappa shape index (κ2) is 6.64. The van der Waals surface area contributed by atoms with Crippen molar-refractivity contribution in [2.45, 2.75) is 19.9 Å². The highest BCUT2D eigenvalue weighted by Gasteiger charge is 2.11. The third kappa shape index (κ3) is 4.45. The molecule has 0 saturated heterocycles. The molecule has 1 aromatic carbocycles.